The van der Waals surface area contributed by atoms with Crippen LogP contribution in [0.1, 0.15) is 70.8 Å². The molecule has 0 unspecified atom stereocenters. The van der Waals surface area contributed by atoms with Gasteiger partial charge < -0.3 is 25.8 Å². The lowest BCUT2D eigenvalue weighted by atomic mass is 9.86. The minimum atomic E-state index is -0.980. The van der Waals surface area contributed by atoms with Crippen LogP contribution in [0.3, 0.4) is 0 Å². The molecule has 0 aliphatic carbocycles. The SMILES string of the molecule is CNc1nc(CC(C)(C)C)cc2c1OC(C)(C)C[C@@H]2NC[C@@H](O)[C@H](Cc1ccc(F)c(F)c1)NC(C)=O. The van der Waals surface area contributed by atoms with Crippen LogP contribution in [0, 0.1) is 17.0 Å². The van der Waals surface area contributed by atoms with Gasteiger partial charge in [0.1, 0.15) is 5.60 Å². The molecule has 1 amide bonds. The number of fused-ring (bicyclic) bond motifs is 1. The Morgan fingerprint density at radius 2 is 1.95 bits per heavy atom. The van der Waals surface area contributed by atoms with Crippen molar-refractivity contribution in [3.8, 4) is 5.75 Å². The smallest absolute Gasteiger partial charge is 0.217 e. The maximum Gasteiger partial charge on any atom is 0.217 e. The summed E-state index contributed by atoms with van der Waals surface area (Å²) in [6.07, 6.45) is 0.611. The molecule has 4 N–H and O–H groups in total. The number of nitrogens with zero attached hydrogens (tertiary/aromatic N) is 1. The van der Waals surface area contributed by atoms with E-state index in [0.29, 0.717) is 23.6 Å². The highest BCUT2D eigenvalue weighted by atomic mass is 19.2. The summed E-state index contributed by atoms with van der Waals surface area (Å²) in [5.41, 5.74) is 1.95. The molecule has 0 fully saturated rings. The molecule has 0 radical (unpaired) electrons. The van der Waals surface area contributed by atoms with Crippen molar-refractivity contribution in [3.63, 3.8) is 0 Å². The van der Waals surface area contributed by atoms with Gasteiger partial charge in [-0.25, -0.2) is 13.8 Å². The number of benzene rings is 1. The number of anilines is 1. The molecule has 3 rings (SSSR count). The first-order valence-corrected chi connectivity index (χ1v) is 12.7. The van der Waals surface area contributed by atoms with Gasteiger partial charge in [-0.3, -0.25) is 4.79 Å². The zero-order valence-corrected chi connectivity index (χ0v) is 22.8. The number of hydrogen-bond acceptors (Lipinski definition) is 6. The topological polar surface area (TPSA) is 95.5 Å². The zero-order chi connectivity index (χ0) is 27.5. The molecule has 37 heavy (non-hydrogen) atoms. The highest BCUT2D eigenvalue weighted by molar-refractivity contribution is 5.73. The largest absolute Gasteiger partial charge is 0.484 e. The molecule has 2 heterocycles. The molecule has 204 valence electrons. The molecule has 0 saturated carbocycles. The van der Waals surface area contributed by atoms with Gasteiger partial charge in [-0.2, -0.15) is 0 Å². The summed E-state index contributed by atoms with van der Waals surface area (Å²) in [7, 11) is 1.82. The second-order valence-electron chi connectivity index (χ2n) is 11.7. The number of aliphatic hydroxyl groups is 1. The lowest BCUT2D eigenvalue weighted by molar-refractivity contribution is -0.120. The van der Waals surface area contributed by atoms with E-state index in [1.54, 1.807) is 0 Å². The van der Waals surface area contributed by atoms with Crippen molar-refractivity contribution in [3.05, 3.63) is 52.7 Å². The fraction of sp³-hybridized carbons (Fsp3) is 0.571. The van der Waals surface area contributed by atoms with Crippen LogP contribution in [0.25, 0.3) is 0 Å². The lowest BCUT2D eigenvalue weighted by Gasteiger charge is -2.39. The van der Waals surface area contributed by atoms with Gasteiger partial charge in [0.25, 0.3) is 0 Å². The van der Waals surface area contributed by atoms with E-state index in [9.17, 15) is 18.7 Å². The third-order valence-electron chi connectivity index (χ3n) is 6.32. The van der Waals surface area contributed by atoms with Crippen molar-refractivity contribution in [1.29, 1.82) is 0 Å². The highest BCUT2D eigenvalue weighted by Gasteiger charge is 2.37. The van der Waals surface area contributed by atoms with E-state index in [1.165, 1.54) is 13.0 Å². The number of carbonyl (C=O) groups is 1. The molecule has 1 aromatic carbocycles. The second kappa shape index (κ2) is 11.3. The van der Waals surface area contributed by atoms with Crippen LogP contribution in [-0.2, 0) is 17.6 Å². The van der Waals surface area contributed by atoms with E-state index < -0.39 is 29.4 Å². The molecule has 7 nitrogen and oxygen atoms in total. The predicted octanol–water partition coefficient (Wildman–Crippen LogP) is 4.29. The molecule has 3 atom stereocenters. The van der Waals surface area contributed by atoms with Crippen LogP contribution < -0.4 is 20.7 Å². The third-order valence-corrected chi connectivity index (χ3v) is 6.32. The summed E-state index contributed by atoms with van der Waals surface area (Å²) in [6, 6.07) is 4.82. The summed E-state index contributed by atoms with van der Waals surface area (Å²) in [4.78, 5) is 16.6. The first-order chi connectivity index (χ1) is 17.2. The van der Waals surface area contributed by atoms with Gasteiger partial charge in [0.15, 0.2) is 23.2 Å². The van der Waals surface area contributed by atoms with E-state index in [0.717, 1.165) is 29.8 Å². The van der Waals surface area contributed by atoms with Crippen LogP contribution in [0.4, 0.5) is 14.6 Å². The molecule has 2 aromatic rings. The molecule has 0 saturated heterocycles. The molecule has 1 aliphatic rings. The number of carbonyl (C=O) groups excluding carboxylic acids is 1. The average molecular weight is 519 g/mol. The number of rotatable bonds is 9. The fourth-order valence-electron chi connectivity index (χ4n) is 4.75. The molecular weight excluding hydrogens is 478 g/mol. The number of halogens is 2. The van der Waals surface area contributed by atoms with Gasteiger partial charge in [-0.05, 0) is 55.9 Å². The maximum atomic E-state index is 13.7. The Morgan fingerprint density at radius 3 is 2.54 bits per heavy atom. The fourth-order valence-corrected chi connectivity index (χ4v) is 4.75. The van der Waals surface area contributed by atoms with Crippen LogP contribution in [0.2, 0.25) is 0 Å². The van der Waals surface area contributed by atoms with Crippen molar-refractivity contribution < 1.29 is 23.4 Å². The Bertz CT molecular complexity index is 1120. The van der Waals surface area contributed by atoms with Crippen molar-refractivity contribution in [2.24, 2.45) is 5.41 Å². The van der Waals surface area contributed by atoms with E-state index in [1.807, 2.05) is 20.9 Å². The number of aliphatic hydroxyl groups excluding tert-OH is 1. The van der Waals surface area contributed by atoms with Crippen molar-refractivity contribution >= 4 is 11.7 Å². The molecule has 0 spiro atoms. The van der Waals surface area contributed by atoms with E-state index in [-0.39, 0.29) is 30.3 Å². The normalized spacial score (nSPS) is 18.4. The molecule has 1 aliphatic heterocycles. The number of pyridine rings is 1. The van der Waals surface area contributed by atoms with E-state index in [4.69, 9.17) is 9.72 Å². The third kappa shape index (κ3) is 7.85. The highest BCUT2D eigenvalue weighted by Crippen LogP contribution is 2.44. The lowest BCUT2D eigenvalue weighted by Crippen LogP contribution is -2.49. The monoisotopic (exact) mass is 518 g/mol. The van der Waals surface area contributed by atoms with Crippen LogP contribution in [-0.4, -0.2) is 47.3 Å². The van der Waals surface area contributed by atoms with Gasteiger partial charge in [-0.1, -0.05) is 26.8 Å². The Morgan fingerprint density at radius 1 is 1.24 bits per heavy atom. The van der Waals surface area contributed by atoms with Gasteiger partial charge in [0, 0.05) is 44.2 Å². The van der Waals surface area contributed by atoms with Crippen molar-refractivity contribution in [2.75, 3.05) is 18.9 Å². The molecule has 9 heteroatoms. The number of nitrogens with one attached hydrogen (secondary N) is 3. The summed E-state index contributed by atoms with van der Waals surface area (Å²) in [5.74, 6) is -0.868. The molecular formula is C28H40F2N4O3. The Kier molecular flexibility index (Phi) is 8.80. The van der Waals surface area contributed by atoms with Crippen LogP contribution in [0.5, 0.6) is 5.75 Å². The number of amides is 1. The number of aromatic nitrogens is 1. The standard InChI is InChI=1S/C28H40F2N4O3/c1-16(35)33-22(11-17-8-9-20(29)21(30)10-17)24(36)15-32-23-14-28(5,6)37-25-19(23)12-18(13-27(2,3)4)34-26(25)31-7/h8-10,12,22-24,32,36H,11,13-15H2,1-7H3,(H,31,34)(H,33,35)/t22-,23-,24+/m0/s1. The molecule has 1 aromatic heterocycles. The maximum absolute atomic E-state index is 13.7. The molecule has 0 bridgehead atoms. The average Bonchev–Trinajstić information content (AvgIpc) is 2.77. The van der Waals surface area contributed by atoms with Crippen LogP contribution in [0.15, 0.2) is 24.3 Å². The zero-order valence-electron chi connectivity index (χ0n) is 22.8. The van der Waals surface area contributed by atoms with E-state index in [2.05, 4.69) is 42.8 Å². The Hall–Kier alpha value is -2.78. The van der Waals surface area contributed by atoms with Crippen molar-refractivity contribution in [1.82, 2.24) is 15.6 Å². The predicted molar refractivity (Wildman–Crippen MR) is 141 cm³/mol. The van der Waals surface area contributed by atoms with Gasteiger partial charge >= 0.3 is 0 Å². The number of ether oxygens (including phenoxy) is 1. The summed E-state index contributed by atoms with van der Waals surface area (Å²) in [5, 5.41) is 20.4. The Balaban J connectivity index is 1.84. The van der Waals surface area contributed by atoms with Crippen molar-refractivity contribution in [2.45, 2.75) is 84.6 Å². The summed E-state index contributed by atoms with van der Waals surface area (Å²) in [6.45, 7) is 12.0. The Labute approximate surface area is 218 Å². The van der Waals surface area contributed by atoms with Gasteiger partial charge in [0.2, 0.25) is 5.91 Å². The minimum absolute atomic E-state index is 0.0472. The second-order valence-corrected chi connectivity index (χ2v) is 11.7. The first kappa shape index (κ1) is 28.8. The summed E-state index contributed by atoms with van der Waals surface area (Å²) < 4.78 is 33.4. The van der Waals surface area contributed by atoms with Gasteiger partial charge in [-0.15, -0.1) is 0 Å². The van der Waals surface area contributed by atoms with Crippen LogP contribution >= 0.6 is 0 Å². The number of hydrogen-bond donors (Lipinski definition) is 4. The quantitative estimate of drug-likeness (QED) is 0.396. The minimum Gasteiger partial charge on any atom is -0.484 e. The first-order valence-electron chi connectivity index (χ1n) is 12.7. The van der Waals surface area contributed by atoms with E-state index >= 15 is 0 Å². The van der Waals surface area contributed by atoms with Gasteiger partial charge in [0.05, 0.1) is 12.1 Å². The summed E-state index contributed by atoms with van der Waals surface area (Å²) >= 11 is 0.